The molecule has 0 saturated carbocycles. The number of hydrogen-bond donors (Lipinski definition) is 0. The monoisotopic (exact) mass is 286 g/mol. The lowest BCUT2D eigenvalue weighted by Crippen LogP contribution is -2.10. The zero-order valence-corrected chi connectivity index (χ0v) is 12.1. The molecule has 0 atom stereocenters. The van der Waals surface area contributed by atoms with Crippen LogP contribution in [0.3, 0.4) is 0 Å². The van der Waals surface area contributed by atoms with E-state index in [-0.39, 0.29) is 5.97 Å². The molecule has 1 aromatic rings. The largest absolute Gasteiger partial charge is 0.465 e. The Balaban J connectivity index is 2.00. The normalized spacial score (nSPS) is 10.3. The van der Waals surface area contributed by atoms with Crippen LogP contribution >= 0.6 is 21.6 Å². The van der Waals surface area contributed by atoms with Crippen molar-refractivity contribution < 1.29 is 14.3 Å². The van der Waals surface area contributed by atoms with E-state index in [1.165, 1.54) is 0 Å². The number of carbonyl (C=O) groups excluding carboxylic acids is 1. The summed E-state index contributed by atoms with van der Waals surface area (Å²) in [7, 11) is 5.13. The van der Waals surface area contributed by atoms with Gasteiger partial charge in [-0.05, 0) is 5.56 Å². The second-order valence-corrected chi connectivity index (χ2v) is 6.22. The molecule has 18 heavy (non-hydrogen) atoms. The summed E-state index contributed by atoms with van der Waals surface area (Å²) in [5, 5.41) is 0. The van der Waals surface area contributed by atoms with Gasteiger partial charge in [-0.15, -0.1) is 0 Å². The van der Waals surface area contributed by atoms with Gasteiger partial charge < -0.3 is 9.47 Å². The van der Waals surface area contributed by atoms with E-state index in [0.717, 1.165) is 23.7 Å². The predicted octanol–water partition coefficient (Wildman–Crippen LogP) is 2.80. The number of carbonyl (C=O) groups is 1. The van der Waals surface area contributed by atoms with Crippen molar-refractivity contribution in [1.29, 1.82) is 0 Å². The molecule has 0 N–H and O–H groups in total. The van der Waals surface area contributed by atoms with Gasteiger partial charge in [0.25, 0.3) is 0 Å². The van der Waals surface area contributed by atoms with Crippen LogP contribution in [0.2, 0.25) is 0 Å². The number of esters is 1. The molecule has 3 nitrogen and oxygen atoms in total. The summed E-state index contributed by atoms with van der Waals surface area (Å²) in [5.41, 5.74) is 0.990. The maximum absolute atomic E-state index is 11.5. The van der Waals surface area contributed by atoms with Crippen molar-refractivity contribution in [3.8, 4) is 0 Å². The van der Waals surface area contributed by atoms with E-state index in [4.69, 9.17) is 9.47 Å². The van der Waals surface area contributed by atoms with Gasteiger partial charge in [0.2, 0.25) is 0 Å². The Morgan fingerprint density at radius 3 is 2.44 bits per heavy atom. The highest BCUT2D eigenvalue weighted by Crippen LogP contribution is 2.20. The molecule has 0 fully saturated rings. The van der Waals surface area contributed by atoms with Gasteiger partial charge in [0.1, 0.15) is 6.61 Å². The Morgan fingerprint density at radius 2 is 1.78 bits per heavy atom. The summed E-state index contributed by atoms with van der Waals surface area (Å²) in [6, 6.07) is 9.63. The Bertz CT molecular complexity index is 330. The first-order valence-electron chi connectivity index (χ1n) is 5.76. The van der Waals surface area contributed by atoms with E-state index in [9.17, 15) is 4.79 Å². The number of methoxy groups -OCH3 is 1. The van der Waals surface area contributed by atoms with Crippen molar-refractivity contribution in [2.75, 3.05) is 31.8 Å². The molecule has 0 aromatic heterocycles. The van der Waals surface area contributed by atoms with Crippen LogP contribution in [0.1, 0.15) is 5.56 Å². The molecule has 0 aliphatic heterocycles. The topological polar surface area (TPSA) is 35.5 Å². The van der Waals surface area contributed by atoms with Crippen LogP contribution in [0, 0.1) is 0 Å². The predicted molar refractivity (Wildman–Crippen MR) is 77.9 cm³/mol. The molecule has 0 aliphatic carbocycles. The Kier molecular flexibility index (Phi) is 8.81. The molecule has 0 heterocycles. The lowest BCUT2D eigenvalue weighted by molar-refractivity contribution is -0.142. The maximum atomic E-state index is 11.5. The average Bonchev–Trinajstić information content (AvgIpc) is 2.39. The smallest absolute Gasteiger partial charge is 0.310 e. The first-order chi connectivity index (χ1) is 8.83. The minimum absolute atomic E-state index is 0.163. The highest BCUT2D eigenvalue weighted by atomic mass is 33.1. The van der Waals surface area contributed by atoms with E-state index in [1.807, 2.05) is 30.3 Å². The molecule has 0 unspecified atom stereocenters. The van der Waals surface area contributed by atoms with Crippen molar-refractivity contribution in [2.45, 2.75) is 6.42 Å². The van der Waals surface area contributed by atoms with E-state index >= 15 is 0 Å². The second kappa shape index (κ2) is 10.3. The third kappa shape index (κ3) is 7.63. The molecular formula is C13H18O3S2. The summed E-state index contributed by atoms with van der Waals surface area (Å²) in [6.45, 7) is 1.22. The third-order valence-corrected chi connectivity index (χ3v) is 4.41. The molecule has 0 spiro atoms. The van der Waals surface area contributed by atoms with Crippen molar-refractivity contribution in [1.82, 2.24) is 0 Å². The minimum atomic E-state index is -0.163. The number of ether oxygens (including phenoxy) is 2. The fraction of sp³-hybridized carbons (Fsp3) is 0.462. The lowest BCUT2D eigenvalue weighted by Gasteiger charge is -2.04. The fourth-order valence-electron chi connectivity index (χ4n) is 1.24. The summed E-state index contributed by atoms with van der Waals surface area (Å²) in [4.78, 5) is 11.5. The standard InChI is InChI=1S/C13H18O3S2/c1-15-7-9-17-18-10-8-16-13(14)11-12-5-3-2-4-6-12/h2-6H,7-11H2,1H3. The van der Waals surface area contributed by atoms with Crippen LogP contribution in [-0.4, -0.2) is 37.8 Å². The molecule has 0 radical (unpaired) electrons. The molecule has 0 saturated heterocycles. The lowest BCUT2D eigenvalue weighted by atomic mass is 10.2. The van der Waals surface area contributed by atoms with E-state index in [0.29, 0.717) is 13.0 Å². The molecular weight excluding hydrogens is 268 g/mol. The zero-order chi connectivity index (χ0) is 13.1. The van der Waals surface area contributed by atoms with Crippen molar-refractivity contribution in [3.05, 3.63) is 35.9 Å². The van der Waals surface area contributed by atoms with E-state index in [2.05, 4.69) is 0 Å². The highest BCUT2D eigenvalue weighted by Gasteiger charge is 2.03. The molecule has 5 heteroatoms. The summed E-state index contributed by atoms with van der Waals surface area (Å²) in [5.74, 6) is 1.61. The molecule has 0 amide bonds. The Hall–Kier alpha value is -0.650. The molecule has 0 bridgehead atoms. The van der Waals surface area contributed by atoms with Gasteiger partial charge in [-0.25, -0.2) is 0 Å². The van der Waals surface area contributed by atoms with Gasteiger partial charge in [0.05, 0.1) is 13.0 Å². The SMILES string of the molecule is COCCSSCCOC(=O)Cc1ccccc1. The van der Waals surface area contributed by atoms with Gasteiger partial charge in [-0.2, -0.15) is 0 Å². The van der Waals surface area contributed by atoms with E-state index < -0.39 is 0 Å². The Morgan fingerprint density at radius 1 is 1.11 bits per heavy atom. The number of rotatable bonds is 9. The average molecular weight is 286 g/mol. The van der Waals surface area contributed by atoms with Gasteiger partial charge >= 0.3 is 5.97 Å². The third-order valence-electron chi connectivity index (χ3n) is 2.08. The van der Waals surface area contributed by atoms with Crippen LogP contribution in [0.4, 0.5) is 0 Å². The number of hydrogen-bond acceptors (Lipinski definition) is 5. The first kappa shape index (κ1) is 15.4. The van der Waals surface area contributed by atoms with Crippen LogP contribution in [0.5, 0.6) is 0 Å². The minimum Gasteiger partial charge on any atom is -0.465 e. The Labute approximate surface area is 116 Å². The summed E-state index contributed by atoms with van der Waals surface area (Å²) in [6.07, 6.45) is 0.350. The van der Waals surface area contributed by atoms with Crippen molar-refractivity contribution in [3.63, 3.8) is 0 Å². The highest BCUT2D eigenvalue weighted by molar-refractivity contribution is 8.76. The maximum Gasteiger partial charge on any atom is 0.310 e. The van der Waals surface area contributed by atoms with Crippen molar-refractivity contribution in [2.24, 2.45) is 0 Å². The number of benzene rings is 1. The molecule has 1 rings (SSSR count). The van der Waals surface area contributed by atoms with Crippen LogP contribution in [0.25, 0.3) is 0 Å². The van der Waals surface area contributed by atoms with Gasteiger partial charge in [0.15, 0.2) is 0 Å². The van der Waals surface area contributed by atoms with Crippen LogP contribution in [-0.2, 0) is 20.7 Å². The van der Waals surface area contributed by atoms with Crippen LogP contribution in [0.15, 0.2) is 30.3 Å². The quantitative estimate of drug-likeness (QED) is 0.396. The van der Waals surface area contributed by atoms with Crippen molar-refractivity contribution >= 4 is 27.6 Å². The van der Waals surface area contributed by atoms with Gasteiger partial charge in [-0.3, -0.25) is 4.79 Å². The summed E-state index contributed by atoms with van der Waals surface area (Å²) >= 11 is 0. The van der Waals surface area contributed by atoms with Gasteiger partial charge in [0, 0.05) is 18.6 Å². The van der Waals surface area contributed by atoms with Crippen LogP contribution < -0.4 is 0 Å². The van der Waals surface area contributed by atoms with Gasteiger partial charge in [-0.1, -0.05) is 51.9 Å². The summed E-state index contributed by atoms with van der Waals surface area (Å²) < 4.78 is 10.1. The molecule has 1 aromatic carbocycles. The zero-order valence-electron chi connectivity index (χ0n) is 10.5. The fourth-order valence-corrected chi connectivity index (χ4v) is 2.98. The molecule has 100 valence electrons. The first-order valence-corrected chi connectivity index (χ1v) is 8.24. The second-order valence-electron chi connectivity index (χ2n) is 3.52. The van der Waals surface area contributed by atoms with E-state index in [1.54, 1.807) is 28.7 Å². The molecule has 0 aliphatic rings.